The maximum absolute atomic E-state index is 13.0. The Labute approximate surface area is 139 Å². The number of carbonyl (C=O) groups is 2. The normalized spacial score (nSPS) is 10.3. The van der Waals surface area contributed by atoms with Crippen LogP contribution in [-0.4, -0.2) is 16.9 Å². The third-order valence-electron chi connectivity index (χ3n) is 3.54. The maximum Gasteiger partial charge on any atom is 0.259 e. The van der Waals surface area contributed by atoms with Gasteiger partial charge in [-0.2, -0.15) is 0 Å². The number of hydrogen-bond donors (Lipinski definition) is 3. The summed E-state index contributed by atoms with van der Waals surface area (Å²) in [4.78, 5) is 24.0. The van der Waals surface area contributed by atoms with Gasteiger partial charge in [-0.05, 0) is 43.2 Å². The molecular weight excluding hydrogens is 311 g/mol. The number of benzene rings is 2. The van der Waals surface area contributed by atoms with E-state index in [2.05, 4.69) is 10.6 Å². The number of carbonyl (C=O) groups excluding carboxylic acids is 2. The predicted octanol–water partition coefficient (Wildman–Crippen LogP) is 3.83. The van der Waals surface area contributed by atoms with E-state index >= 15 is 0 Å². The Hall–Kier alpha value is -2.89. The molecule has 0 radical (unpaired) electrons. The molecule has 0 aliphatic rings. The highest BCUT2D eigenvalue weighted by molar-refractivity contribution is 6.07. The largest absolute Gasteiger partial charge is 0.507 e. The molecule has 0 atom stereocenters. The number of nitrogens with one attached hydrogen (secondary N) is 2. The minimum absolute atomic E-state index is 0.0313. The van der Waals surface area contributed by atoms with Crippen LogP contribution in [0.25, 0.3) is 0 Å². The molecule has 0 aromatic heterocycles. The van der Waals surface area contributed by atoms with Gasteiger partial charge in [-0.1, -0.05) is 13.0 Å². The van der Waals surface area contributed by atoms with E-state index in [-0.39, 0.29) is 11.5 Å². The van der Waals surface area contributed by atoms with Crippen molar-refractivity contribution in [2.24, 2.45) is 0 Å². The fourth-order valence-electron chi connectivity index (χ4n) is 2.23. The second kappa shape index (κ2) is 7.59. The van der Waals surface area contributed by atoms with Crippen LogP contribution in [-0.2, 0) is 4.79 Å². The first-order chi connectivity index (χ1) is 11.4. The van der Waals surface area contributed by atoms with Gasteiger partial charge in [0.1, 0.15) is 11.6 Å². The highest BCUT2D eigenvalue weighted by atomic mass is 19.1. The van der Waals surface area contributed by atoms with E-state index in [0.29, 0.717) is 23.4 Å². The lowest BCUT2D eigenvalue weighted by Gasteiger charge is -2.14. The summed E-state index contributed by atoms with van der Waals surface area (Å²) in [5, 5.41) is 15.1. The Morgan fingerprint density at radius 3 is 2.42 bits per heavy atom. The number of hydrogen-bond acceptors (Lipinski definition) is 3. The fraction of sp³-hybridized carbons (Fsp3) is 0.222. The second-order valence-electron chi connectivity index (χ2n) is 5.39. The van der Waals surface area contributed by atoms with E-state index in [1.54, 1.807) is 25.1 Å². The molecule has 0 aliphatic heterocycles. The van der Waals surface area contributed by atoms with Crippen LogP contribution in [0, 0.1) is 12.7 Å². The van der Waals surface area contributed by atoms with E-state index in [0.717, 1.165) is 18.6 Å². The Morgan fingerprint density at radius 1 is 1.12 bits per heavy atom. The fourth-order valence-corrected chi connectivity index (χ4v) is 2.23. The molecule has 0 heterocycles. The molecule has 0 bridgehead atoms. The molecule has 24 heavy (non-hydrogen) atoms. The van der Waals surface area contributed by atoms with Crippen LogP contribution >= 0.6 is 0 Å². The summed E-state index contributed by atoms with van der Waals surface area (Å²) >= 11 is 0. The molecule has 5 nitrogen and oxygen atoms in total. The second-order valence-corrected chi connectivity index (χ2v) is 5.39. The number of phenolic OH excluding ortho intramolecular Hbond substituents is 1. The van der Waals surface area contributed by atoms with Gasteiger partial charge >= 0.3 is 0 Å². The summed E-state index contributed by atoms with van der Waals surface area (Å²) in [6.45, 7) is 3.68. The zero-order valence-corrected chi connectivity index (χ0v) is 13.5. The van der Waals surface area contributed by atoms with E-state index in [4.69, 9.17) is 0 Å². The minimum atomic E-state index is -0.624. The molecular formula is C18H19FN2O3. The van der Waals surface area contributed by atoms with Crippen molar-refractivity contribution in [1.82, 2.24) is 0 Å². The first-order valence-corrected chi connectivity index (χ1v) is 7.61. The number of phenols is 1. The quantitative estimate of drug-likeness (QED) is 0.779. The van der Waals surface area contributed by atoms with Crippen LogP contribution in [0.15, 0.2) is 36.4 Å². The molecule has 2 aromatic rings. The molecule has 2 amide bonds. The average Bonchev–Trinajstić information content (AvgIpc) is 2.51. The number of aromatic hydroxyl groups is 1. The molecule has 126 valence electrons. The standard InChI is InChI=1S/C18H19FN2O3/c1-3-5-17(23)20-14-6-4-7-15(11(14)2)21-18(24)13-9-8-12(19)10-16(13)22/h4,6-10,22H,3,5H2,1-2H3,(H,20,23)(H,21,24). The number of anilines is 2. The van der Waals surface area contributed by atoms with Gasteiger partial charge in [-0.3, -0.25) is 9.59 Å². The van der Waals surface area contributed by atoms with Crippen LogP contribution in [0.4, 0.5) is 15.8 Å². The van der Waals surface area contributed by atoms with E-state index < -0.39 is 17.5 Å². The highest BCUT2D eigenvalue weighted by Gasteiger charge is 2.14. The predicted molar refractivity (Wildman–Crippen MR) is 90.7 cm³/mol. The van der Waals surface area contributed by atoms with Crippen molar-refractivity contribution in [2.75, 3.05) is 10.6 Å². The Balaban J connectivity index is 2.20. The Kier molecular flexibility index (Phi) is 5.52. The van der Waals surface area contributed by atoms with Crippen molar-refractivity contribution in [1.29, 1.82) is 0 Å². The topological polar surface area (TPSA) is 78.4 Å². The summed E-state index contributed by atoms with van der Waals surface area (Å²) in [6, 6.07) is 8.32. The van der Waals surface area contributed by atoms with Crippen molar-refractivity contribution < 1.29 is 19.1 Å². The number of amides is 2. The number of halogens is 1. The van der Waals surface area contributed by atoms with Crippen molar-refractivity contribution in [3.63, 3.8) is 0 Å². The minimum Gasteiger partial charge on any atom is -0.507 e. The lowest BCUT2D eigenvalue weighted by Crippen LogP contribution is -2.15. The van der Waals surface area contributed by atoms with Crippen molar-refractivity contribution in [2.45, 2.75) is 26.7 Å². The Morgan fingerprint density at radius 2 is 1.79 bits per heavy atom. The summed E-state index contributed by atoms with van der Waals surface area (Å²) in [7, 11) is 0. The summed E-state index contributed by atoms with van der Waals surface area (Å²) in [5.41, 5.74) is 1.76. The third-order valence-corrected chi connectivity index (χ3v) is 3.54. The summed E-state index contributed by atoms with van der Waals surface area (Å²) in [5.74, 6) is -1.72. The van der Waals surface area contributed by atoms with Crippen molar-refractivity contribution in [3.8, 4) is 5.75 Å². The zero-order valence-electron chi connectivity index (χ0n) is 13.5. The van der Waals surface area contributed by atoms with Gasteiger partial charge < -0.3 is 15.7 Å². The van der Waals surface area contributed by atoms with E-state index in [1.165, 1.54) is 6.07 Å². The van der Waals surface area contributed by atoms with Gasteiger partial charge in [0.05, 0.1) is 5.56 Å². The maximum atomic E-state index is 13.0. The van der Waals surface area contributed by atoms with Crippen LogP contribution < -0.4 is 10.6 Å². The average molecular weight is 330 g/mol. The van der Waals surface area contributed by atoms with E-state index in [1.807, 2.05) is 6.92 Å². The number of rotatable bonds is 5. The van der Waals surface area contributed by atoms with Crippen LogP contribution in [0.5, 0.6) is 5.75 Å². The Bertz CT molecular complexity index is 775. The third kappa shape index (κ3) is 4.10. The van der Waals surface area contributed by atoms with Crippen molar-refractivity contribution >= 4 is 23.2 Å². The van der Waals surface area contributed by atoms with Gasteiger partial charge in [-0.15, -0.1) is 0 Å². The molecule has 0 aliphatic carbocycles. The van der Waals surface area contributed by atoms with Crippen LogP contribution in [0.2, 0.25) is 0 Å². The van der Waals surface area contributed by atoms with Gasteiger partial charge in [0.2, 0.25) is 5.91 Å². The molecule has 0 saturated heterocycles. The molecule has 0 saturated carbocycles. The molecule has 0 unspecified atom stereocenters. The lowest BCUT2D eigenvalue weighted by atomic mass is 10.1. The zero-order chi connectivity index (χ0) is 17.7. The molecule has 6 heteroatoms. The molecule has 2 aromatic carbocycles. The van der Waals surface area contributed by atoms with Crippen molar-refractivity contribution in [3.05, 3.63) is 53.3 Å². The van der Waals surface area contributed by atoms with E-state index in [9.17, 15) is 19.1 Å². The molecule has 0 fully saturated rings. The van der Waals surface area contributed by atoms with Crippen LogP contribution in [0.1, 0.15) is 35.7 Å². The first-order valence-electron chi connectivity index (χ1n) is 7.61. The lowest BCUT2D eigenvalue weighted by molar-refractivity contribution is -0.116. The monoisotopic (exact) mass is 330 g/mol. The SMILES string of the molecule is CCCC(=O)Nc1cccc(NC(=O)c2ccc(F)cc2O)c1C. The summed E-state index contributed by atoms with van der Waals surface area (Å²) < 4.78 is 13.0. The molecule has 0 spiro atoms. The summed E-state index contributed by atoms with van der Waals surface area (Å²) in [6.07, 6.45) is 1.16. The van der Waals surface area contributed by atoms with Gasteiger partial charge in [0.25, 0.3) is 5.91 Å². The molecule has 2 rings (SSSR count). The molecule has 3 N–H and O–H groups in total. The van der Waals surface area contributed by atoms with Gasteiger partial charge in [0.15, 0.2) is 0 Å². The van der Waals surface area contributed by atoms with Crippen LogP contribution in [0.3, 0.4) is 0 Å². The van der Waals surface area contributed by atoms with Gasteiger partial charge in [0, 0.05) is 23.9 Å². The highest BCUT2D eigenvalue weighted by Crippen LogP contribution is 2.25. The van der Waals surface area contributed by atoms with Gasteiger partial charge in [-0.25, -0.2) is 4.39 Å². The first kappa shape index (κ1) is 17.5. The smallest absolute Gasteiger partial charge is 0.259 e.